The van der Waals surface area contributed by atoms with Crippen LogP contribution in [0.4, 0.5) is 10.5 Å². The predicted molar refractivity (Wildman–Crippen MR) is 90.5 cm³/mol. The molecule has 122 valence electrons. The first-order chi connectivity index (χ1) is 11.3. The summed E-state index contributed by atoms with van der Waals surface area (Å²) in [7, 11) is 0. The molecule has 7 heteroatoms. The summed E-state index contributed by atoms with van der Waals surface area (Å²) in [6.07, 6.45) is 1.00. The Balaban J connectivity index is 1.54. The maximum Gasteiger partial charge on any atom is 0.321 e. The highest BCUT2D eigenvalue weighted by atomic mass is 32.1. The summed E-state index contributed by atoms with van der Waals surface area (Å²) >= 11 is 1.32. The number of hydrogen-bond donors (Lipinski definition) is 1. The summed E-state index contributed by atoms with van der Waals surface area (Å²) in [5, 5.41) is 8.88. The summed E-state index contributed by atoms with van der Waals surface area (Å²) in [6.45, 7) is 4.99. The standard InChI is InChI=1S/C16H20N4O2S/c1-2-22-10-12-7-8-20(9-12)16(21)17-14-5-3-13(4-6-14)15-11-23-19-18-15/h3-6,11-12H,2,7-10H2,1H3,(H,17,21). The molecule has 1 atom stereocenters. The second-order valence-corrected chi connectivity index (χ2v) is 6.17. The van der Waals surface area contributed by atoms with Crippen molar-refractivity contribution in [2.75, 3.05) is 31.6 Å². The van der Waals surface area contributed by atoms with E-state index in [1.807, 2.05) is 41.5 Å². The van der Waals surface area contributed by atoms with E-state index < -0.39 is 0 Å². The van der Waals surface area contributed by atoms with Crippen LogP contribution in [0.3, 0.4) is 0 Å². The molecule has 0 spiro atoms. The number of carbonyl (C=O) groups excluding carboxylic acids is 1. The fourth-order valence-electron chi connectivity index (χ4n) is 2.65. The molecule has 2 amide bonds. The fourth-order valence-corrected chi connectivity index (χ4v) is 3.12. The lowest BCUT2D eigenvalue weighted by Gasteiger charge is -2.17. The Morgan fingerprint density at radius 3 is 2.96 bits per heavy atom. The van der Waals surface area contributed by atoms with E-state index in [-0.39, 0.29) is 6.03 Å². The molecular weight excluding hydrogens is 312 g/mol. The van der Waals surface area contributed by atoms with Gasteiger partial charge in [-0.05, 0) is 37.0 Å². The molecule has 2 aromatic rings. The molecule has 1 aliphatic rings. The van der Waals surface area contributed by atoms with Crippen molar-refractivity contribution in [1.29, 1.82) is 0 Å². The van der Waals surface area contributed by atoms with Gasteiger partial charge in [0, 0.05) is 42.2 Å². The largest absolute Gasteiger partial charge is 0.381 e. The lowest BCUT2D eigenvalue weighted by molar-refractivity contribution is 0.113. The van der Waals surface area contributed by atoms with Crippen LogP contribution in [0.15, 0.2) is 29.6 Å². The minimum atomic E-state index is -0.0490. The summed E-state index contributed by atoms with van der Waals surface area (Å²) < 4.78 is 9.30. The van der Waals surface area contributed by atoms with E-state index in [0.717, 1.165) is 49.7 Å². The molecule has 1 aliphatic heterocycles. The zero-order valence-corrected chi connectivity index (χ0v) is 13.9. The van der Waals surface area contributed by atoms with Crippen LogP contribution < -0.4 is 5.32 Å². The lowest BCUT2D eigenvalue weighted by atomic mass is 10.1. The van der Waals surface area contributed by atoms with Crippen LogP contribution in [0, 0.1) is 5.92 Å². The van der Waals surface area contributed by atoms with Crippen molar-refractivity contribution in [3.8, 4) is 11.3 Å². The maximum absolute atomic E-state index is 12.3. The number of amides is 2. The molecule has 3 rings (SSSR count). The molecule has 1 saturated heterocycles. The number of hydrogen-bond acceptors (Lipinski definition) is 5. The molecule has 1 unspecified atom stereocenters. The predicted octanol–water partition coefficient (Wildman–Crippen LogP) is 3.10. The fraction of sp³-hybridized carbons (Fsp3) is 0.438. The smallest absolute Gasteiger partial charge is 0.321 e. The van der Waals surface area contributed by atoms with Crippen LogP contribution in [-0.4, -0.2) is 46.8 Å². The normalized spacial score (nSPS) is 17.4. The van der Waals surface area contributed by atoms with E-state index >= 15 is 0 Å². The van der Waals surface area contributed by atoms with Crippen molar-refractivity contribution in [2.45, 2.75) is 13.3 Å². The van der Waals surface area contributed by atoms with Gasteiger partial charge in [0.05, 0.1) is 6.61 Å². The average molecular weight is 332 g/mol. The van der Waals surface area contributed by atoms with Gasteiger partial charge in [0.1, 0.15) is 5.69 Å². The van der Waals surface area contributed by atoms with Gasteiger partial charge in [0.25, 0.3) is 0 Å². The Labute approximate surface area is 139 Å². The van der Waals surface area contributed by atoms with Crippen LogP contribution in [0.1, 0.15) is 13.3 Å². The summed E-state index contributed by atoms with van der Waals surface area (Å²) in [5.74, 6) is 0.445. The average Bonchev–Trinajstić information content (AvgIpc) is 3.25. The highest BCUT2D eigenvalue weighted by Gasteiger charge is 2.26. The number of benzene rings is 1. The van der Waals surface area contributed by atoms with E-state index in [0.29, 0.717) is 5.92 Å². The van der Waals surface area contributed by atoms with Gasteiger partial charge in [0.2, 0.25) is 0 Å². The molecule has 23 heavy (non-hydrogen) atoms. The van der Waals surface area contributed by atoms with Crippen molar-refractivity contribution in [2.24, 2.45) is 5.92 Å². The molecule has 1 fully saturated rings. The summed E-state index contributed by atoms with van der Waals surface area (Å²) in [4.78, 5) is 14.2. The minimum absolute atomic E-state index is 0.0490. The number of carbonyl (C=O) groups is 1. The third-order valence-corrected chi connectivity index (χ3v) is 4.43. The quantitative estimate of drug-likeness (QED) is 0.913. The molecular formula is C16H20N4O2S. The summed E-state index contributed by atoms with van der Waals surface area (Å²) in [5.41, 5.74) is 2.64. The van der Waals surface area contributed by atoms with Crippen LogP contribution in [0.25, 0.3) is 11.3 Å². The number of urea groups is 1. The topological polar surface area (TPSA) is 67.3 Å². The van der Waals surface area contributed by atoms with Gasteiger partial charge in [-0.2, -0.15) is 0 Å². The molecule has 1 N–H and O–H groups in total. The molecule has 0 aliphatic carbocycles. The van der Waals surface area contributed by atoms with Crippen LogP contribution in [0.5, 0.6) is 0 Å². The zero-order chi connectivity index (χ0) is 16.1. The van der Waals surface area contributed by atoms with Crippen LogP contribution in [-0.2, 0) is 4.74 Å². The number of ether oxygens (including phenoxy) is 1. The lowest BCUT2D eigenvalue weighted by Crippen LogP contribution is -2.33. The van der Waals surface area contributed by atoms with E-state index in [1.54, 1.807) is 0 Å². The zero-order valence-electron chi connectivity index (χ0n) is 13.1. The van der Waals surface area contributed by atoms with Gasteiger partial charge in [-0.25, -0.2) is 4.79 Å². The van der Waals surface area contributed by atoms with E-state index in [2.05, 4.69) is 14.9 Å². The number of nitrogens with zero attached hydrogens (tertiary/aromatic N) is 3. The monoisotopic (exact) mass is 332 g/mol. The van der Waals surface area contributed by atoms with Gasteiger partial charge in [0.15, 0.2) is 0 Å². The van der Waals surface area contributed by atoms with Crippen LogP contribution >= 0.6 is 11.5 Å². The Hall–Kier alpha value is -1.99. The number of rotatable bonds is 5. The van der Waals surface area contributed by atoms with E-state index in [9.17, 15) is 4.79 Å². The molecule has 1 aromatic carbocycles. The first kappa shape index (κ1) is 15.9. The van der Waals surface area contributed by atoms with Gasteiger partial charge in [-0.15, -0.1) is 5.10 Å². The molecule has 2 heterocycles. The van der Waals surface area contributed by atoms with Gasteiger partial charge >= 0.3 is 6.03 Å². The number of aromatic nitrogens is 2. The van der Waals surface area contributed by atoms with Gasteiger partial charge < -0.3 is 15.0 Å². The number of likely N-dealkylation sites (tertiary alicyclic amines) is 1. The third-order valence-electron chi connectivity index (χ3n) is 3.92. The van der Waals surface area contributed by atoms with Crippen LogP contribution in [0.2, 0.25) is 0 Å². The Morgan fingerprint density at radius 2 is 2.26 bits per heavy atom. The number of anilines is 1. The SMILES string of the molecule is CCOCC1CCN(C(=O)Nc2ccc(-c3csnn3)cc2)C1. The minimum Gasteiger partial charge on any atom is -0.381 e. The molecule has 0 saturated carbocycles. The molecule has 0 radical (unpaired) electrons. The van der Waals surface area contributed by atoms with Gasteiger partial charge in [-0.3, -0.25) is 0 Å². The Kier molecular flexibility index (Phi) is 5.19. The van der Waals surface area contributed by atoms with Crippen molar-refractivity contribution < 1.29 is 9.53 Å². The van der Waals surface area contributed by atoms with Crippen molar-refractivity contribution in [1.82, 2.24) is 14.5 Å². The maximum atomic E-state index is 12.3. The molecule has 1 aromatic heterocycles. The van der Waals surface area contributed by atoms with Crippen molar-refractivity contribution >= 4 is 23.3 Å². The second-order valence-electron chi connectivity index (χ2n) is 5.56. The molecule has 0 bridgehead atoms. The first-order valence-corrected chi connectivity index (χ1v) is 8.61. The second kappa shape index (κ2) is 7.52. The third kappa shape index (κ3) is 4.05. The Bertz CT molecular complexity index is 630. The number of nitrogens with one attached hydrogen (secondary N) is 1. The molecule has 6 nitrogen and oxygen atoms in total. The van der Waals surface area contributed by atoms with Crippen molar-refractivity contribution in [3.63, 3.8) is 0 Å². The Morgan fingerprint density at radius 1 is 1.43 bits per heavy atom. The summed E-state index contributed by atoms with van der Waals surface area (Å²) in [6, 6.07) is 7.61. The van der Waals surface area contributed by atoms with E-state index in [1.165, 1.54) is 11.5 Å². The highest BCUT2D eigenvalue weighted by Crippen LogP contribution is 2.21. The van der Waals surface area contributed by atoms with E-state index in [4.69, 9.17) is 4.74 Å². The van der Waals surface area contributed by atoms with Crippen molar-refractivity contribution in [3.05, 3.63) is 29.6 Å². The first-order valence-electron chi connectivity index (χ1n) is 7.77. The highest BCUT2D eigenvalue weighted by molar-refractivity contribution is 7.03. The van der Waals surface area contributed by atoms with Gasteiger partial charge in [-0.1, -0.05) is 16.6 Å².